The van der Waals surface area contributed by atoms with Gasteiger partial charge in [0.1, 0.15) is 61.0 Å². The van der Waals surface area contributed by atoms with Crippen LogP contribution in [0, 0.1) is 11.8 Å². The van der Waals surface area contributed by atoms with Crippen LogP contribution in [0.2, 0.25) is 0 Å². The number of carbonyl (C=O) groups is 5. The van der Waals surface area contributed by atoms with E-state index in [2.05, 4.69) is 13.8 Å². The van der Waals surface area contributed by atoms with E-state index >= 15 is 0 Å². The van der Waals surface area contributed by atoms with E-state index in [4.69, 9.17) is 29.4 Å². The number of nitrogens with zero attached hydrogens (tertiary/aromatic N) is 3. The molecule has 3 aliphatic rings. The Hall–Kier alpha value is -4.33. The van der Waals surface area contributed by atoms with E-state index in [1.165, 1.54) is 31.2 Å². The highest BCUT2D eigenvalue weighted by molar-refractivity contribution is 5.88. The number of likely N-dealkylation sites (N-methyl/N-ethyl adjacent to an activating group) is 2. The number of unbranched alkanes of at least 4 members (excludes halogenated alkanes) is 7. The second-order valence-electron chi connectivity index (χ2n) is 18.5. The molecule has 4 rings (SSSR count). The first-order valence-electron chi connectivity index (χ1n) is 23.2. The second-order valence-corrected chi connectivity index (χ2v) is 18.5. The molecule has 4 heterocycles. The first-order valence-corrected chi connectivity index (χ1v) is 23.2. The number of aromatic amines is 1. The monoisotopic (exact) mass is 957 g/mol. The van der Waals surface area contributed by atoms with Crippen molar-refractivity contribution in [1.29, 1.82) is 0 Å². The van der Waals surface area contributed by atoms with Crippen LogP contribution in [0.25, 0.3) is 0 Å². The topological polar surface area (TPSA) is 340 Å². The number of aliphatic hydroxyl groups is 4. The van der Waals surface area contributed by atoms with Gasteiger partial charge in [0, 0.05) is 45.2 Å². The number of aromatic nitrogens is 2. The number of carboxylic acid groups (broad SMARTS) is 2. The molecule has 3 saturated heterocycles. The van der Waals surface area contributed by atoms with Crippen molar-refractivity contribution in [3.8, 4) is 0 Å². The highest BCUT2D eigenvalue weighted by Crippen LogP contribution is 2.36. The van der Waals surface area contributed by atoms with Crippen molar-refractivity contribution in [2.24, 2.45) is 17.6 Å². The molecule has 1 aromatic rings. The highest BCUT2D eigenvalue weighted by Gasteiger charge is 2.57. The van der Waals surface area contributed by atoms with Crippen LogP contribution in [-0.4, -0.2) is 180 Å². The van der Waals surface area contributed by atoms with E-state index in [9.17, 15) is 64.2 Å². The van der Waals surface area contributed by atoms with Gasteiger partial charge < -0.3 is 65.0 Å². The zero-order valence-corrected chi connectivity index (χ0v) is 38.9. The van der Waals surface area contributed by atoms with Crippen molar-refractivity contribution in [2.45, 2.75) is 184 Å². The lowest BCUT2D eigenvalue weighted by Gasteiger charge is -2.38. The summed E-state index contributed by atoms with van der Waals surface area (Å²) in [4.78, 5) is 94.1. The van der Waals surface area contributed by atoms with Gasteiger partial charge in [-0.3, -0.25) is 38.4 Å². The van der Waals surface area contributed by atoms with Crippen molar-refractivity contribution in [3.05, 3.63) is 33.1 Å². The molecule has 23 heteroatoms. The molecule has 67 heavy (non-hydrogen) atoms. The summed E-state index contributed by atoms with van der Waals surface area (Å²) >= 11 is 0. The number of amides is 1. The number of hydrogen-bond acceptors (Lipinski definition) is 18. The molecule has 3 fully saturated rings. The summed E-state index contributed by atoms with van der Waals surface area (Å²) < 4.78 is 30.0. The molecular formula is C44H71N5O18. The van der Waals surface area contributed by atoms with E-state index in [0.29, 0.717) is 12.3 Å². The molecule has 0 radical (unpaired) electrons. The van der Waals surface area contributed by atoms with Crippen molar-refractivity contribution in [2.75, 3.05) is 27.2 Å². The quantitative estimate of drug-likeness (QED) is 0.0426. The number of nitrogens with one attached hydrogen (secondary N) is 1. The zero-order chi connectivity index (χ0) is 49.7. The fourth-order valence-electron chi connectivity index (χ4n) is 8.90. The predicted molar refractivity (Wildman–Crippen MR) is 234 cm³/mol. The number of aliphatic hydroxyl groups excluding tert-OH is 4. The minimum Gasteiger partial charge on any atom is -0.481 e. The van der Waals surface area contributed by atoms with Crippen molar-refractivity contribution in [3.63, 3.8) is 0 Å². The third-order valence-electron chi connectivity index (χ3n) is 12.5. The maximum Gasteiger partial charge on any atom is 0.330 e. The van der Waals surface area contributed by atoms with Gasteiger partial charge >= 0.3 is 29.6 Å². The number of rotatable bonds is 26. The van der Waals surface area contributed by atoms with Crippen LogP contribution in [0.1, 0.15) is 110 Å². The van der Waals surface area contributed by atoms with Gasteiger partial charge in [-0.25, -0.2) is 9.59 Å². The molecule has 1 amide bonds. The Kier molecular flexibility index (Phi) is 21.3. The van der Waals surface area contributed by atoms with Crippen LogP contribution < -0.4 is 17.0 Å². The molecule has 0 spiro atoms. The van der Waals surface area contributed by atoms with Crippen molar-refractivity contribution >= 4 is 29.8 Å². The van der Waals surface area contributed by atoms with E-state index in [-0.39, 0.29) is 25.8 Å². The molecular weight excluding hydrogens is 887 g/mol. The third kappa shape index (κ3) is 15.3. The van der Waals surface area contributed by atoms with Crippen LogP contribution in [0.4, 0.5) is 0 Å². The number of aliphatic carboxylic acids is 2. The molecule has 3 aliphatic heterocycles. The smallest absolute Gasteiger partial charge is 0.330 e. The fourth-order valence-corrected chi connectivity index (χ4v) is 8.90. The third-order valence-corrected chi connectivity index (χ3v) is 12.5. The number of carboxylic acids is 2. The SMILES string of the molecule is CC(C)CCCCCCCCCC[C@@H](CC(=O)O[C@H]1CN(C)[C@@H]([C@H](O[C@@H]2O[C@H](CN)[C@@H](O)[C@H]2O)[C@H]2O[C@@H](n3ccc(=O)[nH]c3=O)[C@H](O)[C@@H]2O)C(=O)N(C)[C@@H]1C(=O)O)OC(=O)C[C@H](C)CC(=O)O. The largest absolute Gasteiger partial charge is 0.481 e. The minimum atomic E-state index is -1.95. The molecule has 9 N–H and O–H groups in total. The summed E-state index contributed by atoms with van der Waals surface area (Å²) in [5.74, 6) is -5.24. The molecule has 0 aliphatic carbocycles. The summed E-state index contributed by atoms with van der Waals surface area (Å²) in [7, 11) is 2.47. The molecule has 0 aromatic carbocycles. The Morgan fingerprint density at radius 3 is 2.01 bits per heavy atom. The van der Waals surface area contributed by atoms with Crippen LogP contribution in [-0.2, 0) is 47.7 Å². The summed E-state index contributed by atoms with van der Waals surface area (Å²) in [5, 5.41) is 63.8. The van der Waals surface area contributed by atoms with Gasteiger partial charge in [-0.2, -0.15) is 0 Å². The number of nitrogens with two attached hydrogens (primary N) is 1. The standard InChI is InChI=1S/C44H71N5O18/c1-23(2)14-12-10-8-6-7-9-11-13-15-25(63-30(53)19-24(3)18-29(51)52)20-31(54)64-27-22-47(4)33(40(59)48(5)32(27)42(60)61)38(67-43-37(58)34(55)26(21-45)65-43)39-35(56)36(57)41(66-39)49-17-16-28(50)46-44(49)62/h16-17,23-27,32-39,41,43,55-58H,6-15,18-22,45H2,1-5H3,(H,51,52)(H,60,61)(H,46,50,62)/t24-,25+,26-,27+,32+,33+,34-,35+,36-,37-,38+,39+,41-,43+/m1/s1. The fraction of sp³-hybridized carbons (Fsp3) is 0.795. The molecule has 1 aromatic heterocycles. The van der Waals surface area contributed by atoms with Gasteiger partial charge in [0.05, 0.1) is 6.42 Å². The molecule has 380 valence electrons. The van der Waals surface area contributed by atoms with E-state index in [1.807, 2.05) is 4.98 Å². The van der Waals surface area contributed by atoms with E-state index in [1.54, 1.807) is 6.92 Å². The van der Waals surface area contributed by atoms with Crippen LogP contribution >= 0.6 is 0 Å². The maximum absolute atomic E-state index is 14.5. The predicted octanol–water partition coefficient (Wildman–Crippen LogP) is -0.556. The van der Waals surface area contributed by atoms with Crippen LogP contribution in [0.5, 0.6) is 0 Å². The van der Waals surface area contributed by atoms with Gasteiger partial charge in [0.15, 0.2) is 18.6 Å². The Labute approximate surface area is 388 Å². The first-order chi connectivity index (χ1) is 31.6. The Morgan fingerprint density at radius 2 is 1.45 bits per heavy atom. The average molecular weight is 958 g/mol. The maximum atomic E-state index is 14.5. The number of H-pyrrole nitrogens is 1. The molecule has 0 unspecified atom stereocenters. The second kappa shape index (κ2) is 25.9. The van der Waals surface area contributed by atoms with Gasteiger partial charge in [-0.15, -0.1) is 0 Å². The number of carbonyl (C=O) groups excluding carboxylic acids is 3. The number of ether oxygens (including phenoxy) is 5. The van der Waals surface area contributed by atoms with Crippen LogP contribution in [0.3, 0.4) is 0 Å². The molecule has 0 bridgehead atoms. The van der Waals surface area contributed by atoms with Crippen molar-refractivity contribution < 1.29 is 78.3 Å². The first kappa shape index (κ1) is 55.3. The Balaban J connectivity index is 1.56. The summed E-state index contributed by atoms with van der Waals surface area (Å²) in [6.45, 7) is 5.22. The minimum absolute atomic E-state index is 0.228. The number of hydrogen-bond donors (Lipinski definition) is 8. The average Bonchev–Trinajstić information content (AvgIpc) is 3.65. The highest BCUT2D eigenvalue weighted by atomic mass is 16.7. The normalized spacial score (nSPS) is 29.4. The van der Waals surface area contributed by atoms with Gasteiger partial charge in [0.2, 0.25) is 5.91 Å². The van der Waals surface area contributed by atoms with Crippen molar-refractivity contribution in [1.82, 2.24) is 19.4 Å². The lowest BCUT2D eigenvalue weighted by Crippen LogP contribution is -2.59. The van der Waals surface area contributed by atoms with Gasteiger partial charge in [-0.1, -0.05) is 72.1 Å². The lowest BCUT2D eigenvalue weighted by atomic mass is 9.97. The molecule has 14 atom stereocenters. The lowest BCUT2D eigenvalue weighted by molar-refractivity contribution is -0.233. The molecule has 0 saturated carbocycles. The molecule has 23 nitrogen and oxygen atoms in total. The summed E-state index contributed by atoms with van der Waals surface area (Å²) in [6, 6.07) is -2.56. The summed E-state index contributed by atoms with van der Waals surface area (Å²) in [5.41, 5.74) is 3.92. The zero-order valence-electron chi connectivity index (χ0n) is 38.9. The van der Waals surface area contributed by atoms with Gasteiger partial charge in [-0.05, 0) is 31.7 Å². The van der Waals surface area contributed by atoms with Gasteiger partial charge in [0.25, 0.3) is 5.56 Å². The van der Waals surface area contributed by atoms with E-state index in [0.717, 1.165) is 60.9 Å². The Morgan fingerprint density at radius 1 is 0.821 bits per heavy atom. The van der Waals surface area contributed by atoms with Crippen LogP contribution in [0.15, 0.2) is 21.9 Å². The number of esters is 2. The Bertz CT molecular complexity index is 1910. The van der Waals surface area contributed by atoms with E-state index < -0.39 is 139 Å². The summed E-state index contributed by atoms with van der Waals surface area (Å²) in [6.07, 6.45) is -8.61.